The van der Waals surface area contributed by atoms with E-state index in [9.17, 15) is 4.79 Å². The Balaban J connectivity index is 4.80. The molecule has 0 radical (unpaired) electrons. The molecule has 21 heavy (non-hydrogen) atoms. The molecule has 0 saturated heterocycles. The van der Waals surface area contributed by atoms with Crippen LogP contribution in [0.25, 0.3) is 0 Å². The van der Waals surface area contributed by atoms with Crippen LogP contribution in [-0.4, -0.2) is 34.4 Å². The van der Waals surface area contributed by atoms with Gasteiger partial charge in [0.05, 0.1) is 0 Å². The van der Waals surface area contributed by atoms with Gasteiger partial charge in [-0.2, -0.15) is 0 Å². The lowest BCUT2D eigenvalue weighted by molar-refractivity contribution is -0.121. The predicted octanol–water partition coefficient (Wildman–Crippen LogP) is 3.99. The Hall–Kier alpha value is -0.493. The van der Waals surface area contributed by atoms with Crippen molar-refractivity contribution in [2.45, 2.75) is 60.9 Å². The molecule has 0 unspecified atom stereocenters. The molecule has 0 amide bonds. The first kappa shape index (κ1) is 20.5. The zero-order valence-corrected chi connectivity index (χ0v) is 15.7. The van der Waals surface area contributed by atoms with Crippen LogP contribution in [0, 0.1) is 5.41 Å². The van der Waals surface area contributed by atoms with Crippen molar-refractivity contribution in [1.29, 1.82) is 0 Å². The Labute approximate surface area is 131 Å². The van der Waals surface area contributed by atoms with Crippen LogP contribution in [0.2, 0.25) is 6.04 Å². The largest absolute Gasteiger partial charge is 0.501 e. The van der Waals surface area contributed by atoms with Crippen molar-refractivity contribution in [2.24, 2.45) is 5.41 Å². The van der Waals surface area contributed by atoms with E-state index in [1.54, 1.807) is 6.08 Å². The van der Waals surface area contributed by atoms with Gasteiger partial charge in [0.2, 0.25) is 0 Å². The lowest BCUT2D eigenvalue weighted by Crippen LogP contribution is -2.45. The SMILES string of the molecule is CCO[Si](CC/C(C)=C\C(=O)C(C)(C)C)(OCC)OCC. The monoisotopic (exact) mass is 316 g/mol. The Morgan fingerprint density at radius 2 is 1.43 bits per heavy atom. The highest BCUT2D eigenvalue weighted by molar-refractivity contribution is 6.60. The third-order valence-electron chi connectivity index (χ3n) is 3.03. The lowest BCUT2D eigenvalue weighted by Gasteiger charge is -2.28. The molecule has 0 aromatic carbocycles. The van der Waals surface area contributed by atoms with Crippen LogP contribution in [0.5, 0.6) is 0 Å². The summed E-state index contributed by atoms with van der Waals surface area (Å²) in [6, 6.07) is 0.711. The third-order valence-corrected chi connectivity index (χ3v) is 6.08. The first-order valence-electron chi connectivity index (χ1n) is 7.84. The van der Waals surface area contributed by atoms with Gasteiger partial charge in [-0.3, -0.25) is 4.79 Å². The van der Waals surface area contributed by atoms with Gasteiger partial charge in [-0.05, 0) is 40.2 Å². The molecule has 0 aromatic rings. The van der Waals surface area contributed by atoms with E-state index in [0.29, 0.717) is 25.9 Å². The van der Waals surface area contributed by atoms with Gasteiger partial charge in [0.25, 0.3) is 0 Å². The molecule has 0 aliphatic carbocycles. The van der Waals surface area contributed by atoms with E-state index >= 15 is 0 Å². The molecule has 4 nitrogen and oxygen atoms in total. The van der Waals surface area contributed by atoms with Gasteiger partial charge in [0, 0.05) is 31.3 Å². The first-order valence-corrected chi connectivity index (χ1v) is 9.77. The summed E-state index contributed by atoms with van der Waals surface area (Å²) in [7, 11) is -2.61. The molecule has 0 spiro atoms. The molecule has 0 bridgehead atoms. The van der Waals surface area contributed by atoms with Crippen LogP contribution in [0.4, 0.5) is 0 Å². The minimum atomic E-state index is -2.61. The highest BCUT2D eigenvalue weighted by Crippen LogP contribution is 2.22. The molecule has 0 N–H and O–H groups in total. The van der Waals surface area contributed by atoms with Crippen LogP contribution < -0.4 is 0 Å². The number of hydrogen-bond donors (Lipinski definition) is 0. The van der Waals surface area contributed by atoms with E-state index in [-0.39, 0.29) is 11.2 Å². The summed E-state index contributed by atoms with van der Waals surface area (Å²) in [5.41, 5.74) is 0.709. The molecule has 0 aromatic heterocycles. The van der Waals surface area contributed by atoms with Crippen LogP contribution in [0.3, 0.4) is 0 Å². The highest BCUT2D eigenvalue weighted by Gasteiger charge is 2.39. The molecular formula is C16H32O4Si. The Kier molecular flexibility index (Phi) is 9.29. The maximum Gasteiger partial charge on any atom is 0.501 e. The van der Waals surface area contributed by atoms with Crippen LogP contribution in [-0.2, 0) is 18.1 Å². The van der Waals surface area contributed by atoms with E-state index in [4.69, 9.17) is 13.3 Å². The summed E-state index contributed by atoms with van der Waals surface area (Å²) in [4.78, 5) is 12.0. The predicted molar refractivity (Wildman–Crippen MR) is 88.3 cm³/mol. The number of ketones is 1. The number of rotatable bonds is 10. The summed E-state index contributed by atoms with van der Waals surface area (Å²) in [5.74, 6) is 0.150. The maximum atomic E-state index is 12.0. The second-order valence-corrected chi connectivity index (χ2v) is 8.82. The standard InChI is InChI=1S/C16H32O4Si/c1-8-18-21(19-9-2,20-10-3)12-11-14(4)13-15(17)16(5,6)7/h13H,8-12H2,1-7H3/b14-13-. The molecule has 0 rings (SSSR count). The van der Waals surface area contributed by atoms with Gasteiger partial charge in [-0.1, -0.05) is 26.3 Å². The Morgan fingerprint density at radius 1 is 1.00 bits per heavy atom. The molecule has 0 aliphatic heterocycles. The summed E-state index contributed by atoms with van der Waals surface area (Å²) in [6.07, 6.45) is 2.50. The van der Waals surface area contributed by atoms with Crippen molar-refractivity contribution in [3.63, 3.8) is 0 Å². The Bertz CT molecular complexity index is 328. The fourth-order valence-electron chi connectivity index (χ4n) is 1.86. The third kappa shape index (κ3) is 7.90. The summed E-state index contributed by atoms with van der Waals surface area (Å²) < 4.78 is 17.4. The van der Waals surface area contributed by atoms with E-state index in [1.165, 1.54) is 0 Å². The summed E-state index contributed by atoms with van der Waals surface area (Å²) in [6.45, 7) is 15.4. The number of carbonyl (C=O) groups is 1. The number of carbonyl (C=O) groups excluding carboxylic acids is 1. The molecule has 0 saturated carbocycles. The minimum absolute atomic E-state index is 0.150. The first-order chi connectivity index (χ1) is 9.70. The average molecular weight is 317 g/mol. The van der Waals surface area contributed by atoms with Gasteiger partial charge in [-0.15, -0.1) is 0 Å². The number of hydrogen-bond acceptors (Lipinski definition) is 4. The van der Waals surface area contributed by atoms with Crippen molar-refractivity contribution in [1.82, 2.24) is 0 Å². The van der Waals surface area contributed by atoms with Gasteiger partial charge in [0.1, 0.15) is 0 Å². The van der Waals surface area contributed by atoms with Crippen LogP contribution in [0.15, 0.2) is 11.6 Å². The Morgan fingerprint density at radius 3 is 1.76 bits per heavy atom. The topological polar surface area (TPSA) is 44.8 Å². The van der Waals surface area contributed by atoms with Gasteiger partial charge in [0.15, 0.2) is 5.78 Å². The summed E-state index contributed by atoms with van der Waals surface area (Å²) in [5, 5.41) is 0. The smallest absolute Gasteiger partial charge is 0.374 e. The van der Waals surface area contributed by atoms with Gasteiger partial charge in [-0.25, -0.2) is 0 Å². The van der Waals surface area contributed by atoms with Crippen molar-refractivity contribution in [3.05, 3.63) is 11.6 Å². The van der Waals surface area contributed by atoms with Crippen molar-refractivity contribution in [2.75, 3.05) is 19.8 Å². The molecule has 0 heterocycles. The lowest BCUT2D eigenvalue weighted by atomic mass is 9.89. The molecule has 5 heteroatoms. The fraction of sp³-hybridized carbons (Fsp3) is 0.812. The van der Waals surface area contributed by atoms with Gasteiger partial charge < -0.3 is 13.3 Å². The van der Waals surface area contributed by atoms with Crippen molar-refractivity contribution >= 4 is 14.6 Å². The quantitative estimate of drug-likeness (QED) is 0.451. The zero-order valence-electron chi connectivity index (χ0n) is 14.7. The van der Waals surface area contributed by atoms with Crippen molar-refractivity contribution < 1.29 is 18.1 Å². The number of allylic oxidation sites excluding steroid dienone is 2. The van der Waals surface area contributed by atoms with E-state index in [1.807, 2.05) is 48.5 Å². The van der Waals surface area contributed by atoms with E-state index in [2.05, 4.69) is 0 Å². The van der Waals surface area contributed by atoms with Crippen molar-refractivity contribution in [3.8, 4) is 0 Å². The average Bonchev–Trinajstić information content (AvgIpc) is 2.36. The second-order valence-electron chi connectivity index (χ2n) is 6.09. The zero-order chi connectivity index (χ0) is 16.5. The minimum Gasteiger partial charge on any atom is -0.374 e. The van der Waals surface area contributed by atoms with Gasteiger partial charge >= 0.3 is 8.80 Å². The highest BCUT2D eigenvalue weighted by atomic mass is 28.4. The molecule has 0 atom stereocenters. The van der Waals surface area contributed by atoms with E-state index in [0.717, 1.165) is 12.0 Å². The molecule has 124 valence electrons. The molecule has 0 fully saturated rings. The fourth-order valence-corrected chi connectivity index (χ4v) is 4.57. The van der Waals surface area contributed by atoms with Crippen LogP contribution in [0.1, 0.15) is 54.9 Å². The maximum absolute atomic E-state index is 12.0. The summed E-state index contributed by atoms with van der Waals surface area (Å²) >= 11 is 0. The molecule has 0 aliphatic rings. The normalized spacial score (nSPS) is 13.6. The van der Waals surface area contributed by atoms with Crippen LogP contribution >= 0.6 is 0 Å². The molecular weight excluding hydrogens is 284 g/mol. The second kappa shape index (κ2) is 9.51. The van der Waals surface area contributed by atoms with E-state index < -0.39 is 8.80 Å².